The van der Waals surface area contributed by atoms with Crippen LogP contribution in [0.25, 0.3) is 0 Å². The Bertz CT molecular complexity index is 515. The average Bonchev–Trinajstić information content (AvgIpc) is 2.62. The summed E-state index contributed by atoms with van der Waals surface area (Å²) in [6, 6.07) is 1.98. The molecule has 1 unspecified atom stereocenters. The number of aromatic nitrogens is 2. The van der Waals surface area contributed by atoms with E-state index < -0.39 is 0 Å². The van der Waals surface area contributed by atoms with Gasteiger partial charge in [-0.25, -0.2) is 14.8 Å². The summed E-state index contributed by atoms with van der Waals surface area (Å²) in [7, 11) is 0. The molecule has 1 saturated heterocycles. The van der Waals surface area contributed by atoms with Crippen molar-refractivity contribution in [3.05, 3.63) is 18.1 Å². The molecule has 0 aromatic carbocycles. The highest BCUT2D eigenvalue weighted by atomic mass is 16.6. The quantitative estimate of drug-likeness (QED) is 0.766. The number of unbranched alkanes of at least 4 members (excludes halogenated alkanes) is 1. The molecule has 2 heterocycles. The molecule has 134 valence electrons. The standard InChI is InChI=1S/C18H30N4O2/c1-4-6-7-16(5-2)13-24-18(23)22-10-8-21(9-11-22)17-12-15(3)19-14-20-17/h12,14,16H,4-11,13H2,1-3H3. The Morgan fingerprint density at radius 3 is 2.62 bits per heavy atom. The smallest absolute Gasteiger partial charge is 0.409 e. The Labute approximate surface area is 145 Å². The minimum Gasteiger partial charge on any atom is -0.449 e. The average molecular weight is 334 g/mol. The predicted octanol–water partition coefficient (Wildman–Crippen LogP) is 3.26. The number of ether oxygens (including phenoxy) is 1. The number of amides is 1. The molecule has 2 rings (SSSR count). The summed E-state index contributed by atoms with van der Waals surface area (Å²) >= 11 is 0. The molecule has 0 bridgehead atoms. The fraction of sp³-hybridized carbons (Fsp3) is 0.722. The third kappa shape index (κ3) is 5.35. The third-order valence-corrected chi connectivity index (χ3v) is 4.64. The van der Waals surface area contributed by atoms with E-state index in [1.54, 1.807) is 11.2 Å². The van der Waals surface area contributed by atoms with Gasteiger partial charge in [-0.3, -0.25) is 0 Å². The van der Waals surface area contributed by atoms with Crippen molar-refractivity contribution in [1.82, 2.24) is 14.9 Å². The Kier molecular flexibility index (Phi) is 7.28. The molecule has 0 radical (unpaired) electrons. The lowest BCUT2D eigenvalue weighted by atomic mass is 10.0. The second kappa shape index (κ2) is 9.45. The maximum absolute atomic E-state index is 12.2. The first-order valence-corrected chi connectivity index (χ1v) is 9.09. The first-order valence-electron chi connectivity index (χ1n) is 9.09. The van der Waals surface area contributed by atoms with E-state index in [4.69, 9.17) is 4.74 Å². The minimum atomic E-state index is -0.177. The fourth-order valence-corrected chi connectivity index (χ4v) is 2.91. The number of hydrogen-bond acceptors (Lipinski definition) is 5. The Hall–Kier alpha value is -1.85. The molecule has 0 saturated carbocycles. The summed E-state index contributed by atoms with van der Waals surface area (Å²) in [6.07, 6.45) is 6.01. The first kappa shape index (κ1) is 18.5. The van der Waals surface area contributed by atoms with Gasteiger partial charge in [-0.2, -0.15) is 0 Å². The third-order valence-electron chi connectivity index (χ3n) is 4.64. The van der Waals surface area contributed by atoms with Gasteiger partial charge in [-0.1, -0.05) is 33.1 Å². The van der Waals surface area contributed by atoms with E-state index in [-0.39, 0.29) is 6.09 Å². The molecule has 1 aliphatic heterocycles. The lowest BCUT2D eigenvalue weighted by Crippen LogP contribution is -2.49. The van der Waals surface area contributed by atoms with Crippen molar-refractivity contribution in [2.45, 2.75) is 46.5 Å². The number of carbonyl (C=O) groups is 1. The first-order chi connectivity index (χ1) is 11.6. The highest BCUT2D eigenvalue weighted by Gasteiger charge is 2.23. The fourth-order valence-electron chi connectivity index (χ4n) is 2.91. The Balaban J connectivity index is 1.76. The maximum atomic E-state index is 12.2. The van der Waals surface area contributed by atoms with Gasteiger partial charge in [0.1, 0.15) is 12.1 Å². The molecule has 0 spiro atoms. The molecule has 1 fully saturated rings. The number of piperazine rings is 1. The maximum Gasteiger partial charge on any atom is 0.409 e. The molecule has 6 heteroatoms. The lowest BCUT2D eigenvalue weighted by Gasteiger charge is -2.35. The highest BCUT2D eigenvalue weighted by Crippen LogP contribution is 2.16. The summed E-state index contributed by atoms with van der Waals surface area (Å²) in [5.74, 6) is 1.42. The van der Waals surface area contributed by atoms with E-state index in [0.717, 1.165) is 37.4 Å². The van der Waals surface area contributed by atoms with Crippen LogP contribution in [0.4, 0.5) is 10.6 Å². The van der Waals surface area contributed by atoms with Crippen LogP contribution in [0.3, 0.4) is 0 Å². The molecule has 1 aromatic rings. The van der Waals surface area contributed by atoms with Crippen LogP contribution in [0.5, 0.6) is 0 Å². The van der Waals surface area contributed by atoms with Crippen LogP contribution >= 0.6 is 0 Å². The van der Waals surface area contributed by atoms with Crippen LogP contribution < -0.4 is 4.90 Å². The van der Waals surface area contributed by atoms with Crippen molar-refractivity contribution >= 4 is 11.9 Å². The predicted molar refractivity (Wildman–Crippen MR) is 95.2 cm³/mol. The van der Waals surface area contributed by atoms with Crippen LogP contribution in [0.2, 0.25) is 0 Å². The van der Waals surface area contributed by atoms with Crippen molar-refractivity contribution in [3.8, 4) is 0 Å². The number of aryl methyl sites for hydroxylation is 1. The van der Waals surface area contributed by atoms with Gasteiger partial charge in [-0.05, 0) is 19.3 Å². The van der Waals surface area contributed by atoms with Crippen LogP contribution in [0, 0.1) is 12.8 Å². The van der Waals surface area contributed by atoms with Gasteiger partial charge in [-0.15, -0.1) is 0 Å². The lowest BCUT2D eigenvalue weighted by molar-refractivity contribution is 0.0830. The molecule has 1 aliphatic rings. The Morgan fingerprint density at radius 1 is 1.25 bits per heavy atom. The van der Waals surface area contributed by atoms with Crippen LogP contribution in [-0.4, -0.2) is 53.7 Å². The molecular weight excluding hydrogens is 304 g/mol. The number of hydrogen-bond donors (Lipinski definition) is 0. The number of carbonyl (C=O) groups excluding carboxylic acids is 1. The number of anilines is 1. The van der Waals surface area contributed by atoms with Crippen LogP contribution in [-0.2, 0) is 4.74 Å². The van der Waals surface area contributed by atoms with Gasteiger partial charge in [0, 0.05) is 37.9 Å². The summed E-state index contributed by atoms with van der Waals surface area (Å²) < 4.78 is 5.53. The van der Waals surface area contributed by atoms with E-state index in [2.05, 4.69) is 28.7 Å². The normalized spacial score (nSPS) is 16.1. The number of rotatable bonds is 7. The second-order valence-corrected chi connectivity index (χ2v) is 6.49. The van der Waals surface area contributed by atoms with E-state index in [1.807, 2.05) is 13.0 Å². The molecule has 1 aromatic heterocycles. The molecular formula is C18H30N4O2. The molecule has 1 atom stereocenters. The monoisotopic (exact) mass is 334 g/mol. The van der Waals surface area contributed by atoms with Gasteiger partial charge in [0.15, 0.2) is 0 Å². The second-order valence-electron chi connectivity index (χ2n) is 6.49. The van der Waals surface area contributed by atoms with Crippen molar-refractivity contribution < 1.29 is 9.53 Å². The van der Waals surface area contributed by atoms with E-state index >= 15 is 0 Å². The SMILES string of the molecule is CCCCC(CC)COC(=O)N1CCN(c2cc(C)ncn2)CC1. The summed E-state index contributed by atoms with van der Waals surface area (Å²) in [6.45, 7) is 9.76. The van der Waals surface area contributed by atoms with E-state index in [9.17, 15) is 4.79 Å². The molecule has 0 aliphatic carbocycles. The molecule has 0 N–H and O–H groups in total. The largest absolute Gasteiger partial charge is 0.449 e. The molecule has 1 amide bonds. The van der Waals surface area contributed by atoms with Crippen molar-refractivity contribution in [1.29, 1.82) is 0 Å². The van der Waals surface area contributed by atoms with Crippen molar-refractivity contribution in [2.24, 2.45) is 5.92 Å². The van der Waals surface area contributed by atoms with E-state index in [0.29, 0.717) is 25.6 Å². The number of nitrogens with zero attached hydrogens (tertiary/aromatic N) is 4. The molecule has 24 heavy (non-hydrogen) atoms. The van der Waals surface area contributed by atoms with Crippen LogP contribution in [0.1, 0.15) is 45.2 Å². The van der Waals surface area contributed by atoms with E-state index in [1.165, 1.54) is 12.8 Å². The zero-order chi connectivity index (χ0) is 17.4. The zero-order valence-corrected chi connectivity index (χ0v) is 15.2. The highest BCUT2D eigenvalue weighted by molar-refractivity contribution is 5.68. The van der Waals surface area contributed by atoms with Crippen molar-refractivity contribution in [2.75, 3.05) is 37.7 Å². The summed E-state index contributed by atoms with van der Waals surface area (Å²) in [5, 5.41) is 0. The Morgan fingerprint density at radius 2 is 2.00 bits per heavy atom. The minimum absolute atomic E-state index is 0.177. The van der Waals surface area contributed by atoms with Gasteiger partial charge >= 0.3 is 6.09 Å². The van der Waals surface area contributed by atoms with Gasteiger partial charge in [0.2, 0.25) is 0 Å². The van der Waals surface area contributed by atoms with Crippen LogP contribution in [0.15, 0.2) is 12.4 Å². The van der Waals surface area contributed by atoms with Gasteiger partial charge in [0.25, 0.3) is 0 Å². The van der Waals surface area contributed by atoms with Gasteiger partial charge < -0.3 is 14.5 Å². The van der Waals surface area contributed by atoms with Crippen molar-refractivity contribution in [3.63, 3.8) is 0 Å². The summed E-state index contributed by atoms with van der Waals surface area (Å²) in [5.41, 5.74) is 0.958. The van der Waals surface area contributed by atoms with Gasteiger partial charge in [0.05, 0.1) is 6.61 Å². The topological polar surface area (TPSA) is 58.6 Å². The zero-order valence-electron chi connectivity index (χ0n) is 15.2. The summed E-state index contributed by atoms with van der Waals surface area (Å²) in [4.78, 5) is 24.7. The molecule has 6 nitrogen and oxygen atoms in total.